The monoisotopic (exact) mass is 240 g/mol. The molecule has 1 aromatic heterocycles. The number of methoxy groups -OCH3 is 1. The molecule has 94 valence electrons. The van der Waals surface area contributed by atoms with Crippen LogP contribution >= 0.6 is 0 Å². The van der Waals surface area contributed by atoms with Crippen LogP contribution in [0.4, 0.5) is 11.5 Å². The largest absolute Gasteiger partial charge is 0.383 e. The summed E-state index contributed by atoms with van der Waals surface area (Å²) in [4.78, 5) is 14.2. The van der Waals surface area contributed by atoms with Crippen LogP contribution in [0.15, 0.2) is 18.3 Å². The summed E-state index contributed by atoms with van der Waals surface area (Å²) in [5, 5.41) is 16.7. The highest BCUT2D eigenvalue weighted by molar-refractivity contribution is 5.54. The Morgan fingerprint density at radius 3 is 3.00 bits per heavy atom. The Labute approximate surface area is 99.3 Å². The fraction of sp³-hybridized carbons (Fsp3) is 0.500. The van der Waals surface area contributed by atoms with E-state index in [9.17, 15) is 10.1 Å². The van der Waals surface area contributed by atoms with Crippen LogP contribution in [-0.4, -0.2) is 43.3 Å². The maximum atomic E-state index is 10.7. The van der Waals surface area contributed by atoms with Gasteiger partial charge in [0.15, 0.2) is 0 Å². The van der Waals surface area contributed by atoms with Crippen LogP contribution in [0.3, 0.4) is 0 Å². The first kappa shape index (κ1) is 13.3. The molecule has 17 heavy (non-hydrogen) atoms. The highest BCUT2D eigenvalue weighted by Crippen LogP contribution is 2.19. The van der Waals surface area contributed by atoms with Crippen molar-refractivity contribution in [1.82, 2.24) is 10.3 Å². The summed E-state index contributed by atoms with van der Waals surface area (Å²) < 4.78 is 4.87. The standard InChI is InChI=1S/C10H16N4O3/c1-17-8-7-11-5-6-13-10-9(14(15)16)3-2-4-12-10/h2-4,11H,5-8H2,1H3,(H,12,13). The molecule has 7 nitrogen and oxygen atoms in total. The van der Waals surface area contributed by atoms with Crippen molar-refractivity contribution >= 4 is 11.5 Å². The molecule has 1 aromatic rings. The molecule has 0 aliphatic rings. The first-order valence-electron chi connectivity index (χ1n) is 5.28. The maximum absolute atomic E-state index is 10.7. The third-order valence-electron chi connectivity index (χ3n) is 2.06. The summed E-state index contributed by atoms with van der Waals surface area (Å²) in [5.74, 6) is 0.297. The van der Waals surface area contributed by atoms with Crippen LogP contribution in [0.2, 0.25) is 0 Å². The van der Waals surface area contributed by atoms with Gasteiger partial charge in [-0.05, 0) is 6.07 Å². The zero-order valence-corrected chi connectivity index (χ0v) is 9.68. The van der Waals surface area contributed by atoms with Crippen molar-refractivity contribution < 1.29 is 9.66 Å². The number of ether oxygens (including phenoxy) is 1. The third kappa shape index (κ3) is 4.75. The minimum atomic E-state index is -0.451. The Bertz CT molecular complexity index is 359. The molecule has 0 fully saturated rings. The van der Waals surface area contributed by atoms with Gasteiger partial charge in [-0.2, -0.15) is 0 Å². The molecule has 0 aliphatic carbocycles. The SMILES string of the molecule is COCCNCCNc1ncccc1[N+](=O)[O-]. The van der Waals surface area contributed by atoms with Crippen LogP contribution in [-0.2, 0) is 4.74 Å². The molecule has 0 aliphatic heterocycles. The Balaban J connectivity index is 2.34. The molecule has 0 amide bonds. The molecule has 0 radical (unpaired) electrons. The van der Waals surface area contributed by atoms with Gasteiger partial charge in [0.25, 0.3) is 0 Å². The summed E-state index contributed by atoms with van der Waals surface area (Å²) in [7, 11) is 1.64. The van der Waals surface area contributed by atoms with Crippen LogP contribution in [0, 0.1) is 10.1 Å². The second-order valence-electron chi connectivity index (χ2n) is 3.30. The molecule has 0 aromatic carbocycles. The van der Waals surface area contributed by atoms with Crippen molar-refractivity contribution in [2.45, 2.75) is 0 Å². The summed E-state index contributed by atoms with van der Waals surface area (Å²) in [6, 6.07) is 2.97. The van der Waals surface area contributed by atoms with Crippen molar-refractivity contribution in [3.05, 3.63) is 28.4 Å². The van der Waals surface area contributed by atoms with E-state index in [0.717, 1.165) is 6.54 Å². The number of rotatable bonds is 8. The number of nitrogens with zero attached hydrogens (tertiary/aromatic N) is 2. The Hall–Kier alpha value is -1.73. The van der Waals surface area contributed by atoms with E-state index in [2.05, 4.69) is 15.6 Å². The summed E-state index contributed by atoms with van der Waals surface area (Å²) in [6.45, 7) is 2.66. The van der Waals surface area contributed by atoms with Crippen molar-refractivity contribution in [1.29, 1.82) is 0 Å². The Kier molecular flexibility index (Phi) is 5.91. The zero-order valence-electron chi connectivity index (χ0n) is 9.68. The molecule has 1 rings (SSSR count). The van der Waals surface area contributed by atoms with Gasteiger partial charge in [-0.3, -0.25) is 10.1 Å². The molecule has 2 N–H and O–H groups in total. The quantitative estimate of drug-likeness (QED) is 0.394. The molecule has 0 saturated heterocycles. The second-order valence-corrected chi connectivity index (χ2v) is 3.30. The van der Waals surface area contributed by atoms with Gasteiger partial charge in [-0.1, -0.05) is 0 Å². The van der Waals surface area contributed by atoms with E-state index in [4.69, 9.17) is 4.74 Å². The third-order valence-corrected chi connectivity index (χ3v) is 2.06. The number of nitrogens with one attached hydrogen (secondary N) is 2. The normalized spacial score (nSPS) is 10.2. The lowest BCUT2D eigenvalue weighted by molar-refractivity contribution is -0.384. The number of anilines is 1. The summed E-state index contributed by atoms with van der Waals surface area (Å²) in [5.41, 5.74) is -0.00982. The number of pyridine rings is 1. The van der Waals surface area contributed by atoms with Gasteiger partial charge >= 0.3 is 5.69 Å². The van der Waals surface area contributed by atoms with Crippen LogP contribution in [0.5, 0.6) is 0 Å². The number of hydrogen-bond donors (Lipinski definition) is 2. The van der Waals surface area contributed by atoms with E-state index in [1.165, 1.54) is 12.3 Å². The highest BCUT2D eigenvalue weighted by atomic mass is 16.6. The Morgan fingerprint density at radius 2 is 2.29 bits per heavy atom. The summed E-state index contributed by atoms with van der Waals surface area (Å²) in [6.07, 6.45) is 1.52. The smallest absolute Gasteiger partial charge is 0.311 e. The number of hydrogen-bond acceptors (Lipinski definition) is 6. The van der Waals surface area contributed by atoms with E-state index in [0.29, 0.717) is 25.5 Å². The van der Waals surface area contributed by atoms with Crippen molar-refractivity contribution in [3.8, 4) is 0 Å². The molecular formula is C10H16N4O3. The molecule has 7 heteroatoms. The average molecular weight is 240 g/mol. The first-order valence-corrected chi connectivity index (χ1v) is 5.28. The van der Waals surface area contributed by atoms with Crippen LogP contribution in [0.1, 0.15) is 0 Å². The van der Waals surface area contributed by atoms with Gasteiger partial charge in [-0.25, -0.2) is 4.98 Å². The predicted octanol–water partition coefficient (Wildman–Crippen LogP) is 0.638. The van der Waals surface area contributed by atoms with Crippen molar-refractivity contribution in [2.75, 3.05) is 38.7 Å². The molecule has 0 unspecified atom stereocenters. The maximum Gasteiger partial charge on any atom is 0.311 e. The predicted molar refractivity (Wildman–Crippen MR) is 64.1 cm³/mol. The second kappa shape index (κ2) is 7.53. The van der Waals surface area contributed by atoms with Crippen molar-refractivity contribution in [3.63, 3.8) is 0 Å². The van der Waals surface area contributed by atoms with Gasteiger partial charge in [0.1, 0.15) is 0 Å². The lowest BCUT2D eigenvalue weighted by Crippen LogP contribution is -2.25. The fourth-order valence-electron chi connectivity index (χ4n) is 1.25. The van der Waals surface area contributed by atoms with E-state index in [-0.39, 0.29) is 5.69 Å². The average Bonchev–Trinajstić information content (AvgIpc) is 2.34. The molecule has 0 bridgehead atoms. The van der Waals surface area contributed by atoms with Gasteiger partial charge in [0.2, 0.25) is 5.82 Å². The highest BCUT2D eigenvalue weighted by Gasteiger charge is 2.12. The molecular weight excluding hydrogens is 224 g/mol. The number of nitro groups is 1. The minimum Gasteiger partial charge on any atom is -0.383 e. The Morgan fingerprint density at radius 1 is 1.47 bits per heavy atom. The zero-order chi connectivity index (χ0) is 12.5. The van der Waals surface area contributed by atoms with Gasteiger partial charge in [0.05, 0.1) is 11.5 Å². The fourth-order valence-corrected chi connectivity index (χ4v) is 1.25. The van der Waals surface area contributed by atoms with Gasteiger partial charge < -0.3 is 15.4 Å². The molecule has 0 atom stereocenters. The lowest BCUT2D eigenvalue weighted by Gasteiger charge is -2.06. The molecule has 0 saturated carbocycles. The van der Waals surface area contributed by atoms with E-state index in [1.807, 2.05) is 0 Å². The van der Waals surface area contributed by atoms with Crippen molar-refractivity contribution in [2.24, 2.45) is 0 Å². The van der Waals surface area contributed by atoms with E-state index >= 15 is 0 Å². The van der Waals surface area contributed by atoms with E-state index in [1.54, 1.807) is 13.2 Å². The van der Waals surface area contributed by atoms with Crippen LogP contribution < -0.4 is 10.6 Å². The topological polar surface area (TPSA) is 89.3 Å². The van der Waals surface area contributed by atoms with E-state index < -0.39 is 4.92 Å². The lowest BCUT2D eigenvalue weighted by atomic mass is 10.4. The van der Waals surface area contributed by atoms with Gasteiger partial charge in [0, 0.05) is 39.0 Å². The van der Waals surface area contributed by atoms with Gasteiger partial charge in [-0.15, -0.1) is 0 Å². The molecule has 1 heterocycles. The molecule has 0 spiro atoms. The summed E-state index contributed by atoms with van der Waals surface area (Å²) >= 11 is 0. The first-order chi connectivity index (χ1) is 8.25. The number of aromatic nitrogens is 1. The van der Waals surface area contributed by atoms with Crippen LogP contribution in [0.25, 0.3) is 0 Å². The minimum absolute atomic E-state index is 0.00982.